The molecule has 0 bridgehead atoms. The SMILES string of the molecule is CCCc1c(C)ccn1CCc1ccccc1. The highest BCUT2D eigenvalue weighted by Crippen LogP contribution is 2.13. The van der Waals surface area contributed by atoms with Gasteiger partial charge < -0.3 is 4.57 Å². The van der Waals surface area contributed by atoms with Gasteiger partial charge in [0.05, 0.1) is 0 Å². The van der Waals surface area contributed by atoms with E-state index in [9.17, 15) is 0 Å². The first-order chi connectivity index (χ1) is 8.31. The van der Waals surface area contributed by atoms with Crippen LogP contribution in [0.2, 0.25) is 0 Å². The molecule has 17 heavy (non-hydrogen) atoms. The molecule has 0 saturated carbocycles. The van der Waals surface area contributed by atoms with E-state index in [4.69, 9.17) is 0 Å². The third kappa shape index (κ3) is 3.00. The number of hydrogen-bond donors (Lipinski definition) is 0. The second kappa shape index (κ2) is 5.72. The van der Waals surface area contributed by atoms with Crippen LogP contribution in [0.4, 0.5) is 0 Å². The summed E-state index contributed by atoms with van der Waals surface area (Å²) in [6.45, 7) is 5.55. The molecule has 1 nitrogen and oxygen atoms in total. The number of nitrogens with zero attached hydrogens (tertiary/aromatic N) is 1. The molecule has 1 aromatic carbocycles. The Morgan fingerprint density at radius 3 is 2.47 bits per heavy atom. The quantitative estimate of drug-likeness (QED) is 0.728. The van der Waals surface area contributed by atoms with Gasteiger partial charge in [-0.3, -0.25) is 0 Å². The van der Waals surface area contributed by atoms with Crippen LogP contribution >= 0.6 is 0 Å². The summed E-state index contributed by atoms with van der Waals surface area (Å²) in [6, 6.07) is 12.9. The van der Waals surface area contributed by atoms with Crippen molar-refractivity contribution in [2.24, 2.45) is 0 Å². The van der Waals surface area contributed by atoms with E-state index in [2.05, 4.69) is 61.0 Å². The van der Waals surface area contributed by atoms with Crippen LogP contribution in [0.5, 0.6) is 0 Å². The van der Waals surface area contributed by atoms with Crippen LogP contribution in [0.25, 0.3) is 0 Å². The lowest BCUT2D eigenvalue weighted by Gasteiger charge is -2.09. The summed E-state index contributed by atoms with van der Waals surface area (Å²) >= 11 is 0. The number of aryl methyl sites for hydroxylation is 3. The minimum absolute atomic E-state index is 1.09. The zero-order chi connectivity index (χ0) is 12.1. The van der Waals surface area contributed by atoms with E-state index in [0.29, 0.717) is 0 Å². The highest BCUT2D eigenvalue weighted by Gasteiger charge is 2.04. The van der Waals surface area contributed by atoms with Crippen molar-refractivity contribution in [3.8, 4) is 0 Å². The lowest BCUT2D eigenvalue weighted by Crippen LogP contribution is -2.05. The van der Waals surface area contributed by atoms with Gasteiger partial charge in [0.15, 0.2) is 0 Å². The zero-order valence-corrected chi connectivity index (χ0v) is 10.8. The van der Waals surface area contributed by atoms with Crippen molar-refractivity contribution in [1.29, 1.82) is 0 Å². The van der Waals surface area contributed by atoms with Gasteiger partial charge in [-0.05, 0) is 37.0 Å². The molecule has 0 atom stereocenters. The van der Waals surface area contributed by atoms with Gasteiger partial charge in [0.25, 0.3) is 0 Å². The predicted octanol–water partition coefficient (Wildman–Crippen LogP) is 3.99. The Kier molecular flexibility index (Phi) is 4.03. The maximum absolute atomic E-state index is 2.41. The standard InChI is InChI=1S/C16H21N/c1-3-7-16-14(2)10-12-17(16)13-11-15-8-5-4-6-9-15/h4-6,8-10,12H,3,7,11,13H2,1-2H3. The van der Waals surface area contributed by atoms with E-state index in [0.717, 1.165) is 13.0 Å². The minimum atomic E-state index is 1.09. The summed E-state index contributed by atoms with van der Waals surface area (Å²) in [7, 11) is 0. The minimum Gasteiger partial charge on any atom is -0.351 e. The van der Waals surface area contributed by atoms with Gasteiger partial charge in [-0.15, -0.1) is 0 Å². The molecule has 0 spiro atoms. The van der Waals surface area contributed by atoms with Crippen LogP contribution in [0, 0.1) is 6.92 Å². The van der Waals surface area contributed by atoms with Crippen molar-refractivity contribution in [1.82, 2.24) is 4.57 Å². The summed E-state index contributed by atoms with van der Waals surface area (Å²) in [4.78, 5) is 0. The summed E-state index contributed by atoms with van der Waals surface area (Å²) in [5.74, 6) is 0. The molecule has 1 heteroatoms. The monoisotopic (exact) mass is 227 g/mol. The van der Waals surface area contributed by atoms with Crippen molar-refractivity contribution >= 4 is 0 Å². The first kappa shape index (κ1) is 12.0. The van der Waals surface area contributed by atoms with Crippen LogP contribution in [0.1, 0.15) is 30.2 Å². The second-order valence-corrected chi connectivity index (χ2v) is 4.62. The molecule has 0 saturated heterocycles. The number of aromatic nitrogens is 1. The molecule has 0 N–H and O–H groups in total. The molecule has 0 aliphatic heterocycles. The fraction of sp³-hybridized carbons (Fsp3) is 0.375. The molecule has 0 aliphatic carbocycles. The molecule has 1 aromatic heterocycles. The van der Waals surface area contributed by atoms with E-state index >= 15 is 0 Å². The molecule has 0 radical (unpaired) electrons. The van der Waals surface area contributed by atoms with E-state index in [-0.39, 0.29) is 0 Å². The summed E-state index contributed by atoms with van der Waals surface area (Å²) in [6.07, 6.45) is 5.75. The van der Waals surface area contributed by atoms with Crippen LogP contribution in [-0.2, 0) is 19.4 Å². The normalized spacial score (nSPS) is 10.7. The predicted molar refractivity (Wildman–Crippen MR) is 73.3 cm³/mol. The molecule has 2 rings (SSSR count). The Hall–Kier alpha value is -1.50. The van der Waals surface area contributed by atoms with E-state index in [1.54, 1.807) is 0 Å². The molecule has 0 aliphatic rings. The van der Waals surface area contributed by atoms with Gasteiger partial charge in [0.2, 0.25) is 0 Å². The van der Waals surface area contributed by atoms with Gasteiger partial charge in [-0.25, -0.2) is 0 Å². The Bertz CT molecular complexity index is 454. The maximum atomic E-state index is 2.41. The Morgan fingerprint density at radius 1 is 1.00 bits per heavy atom. The van der Waals surface area contributed by atoms with Gasteiger partial charge in [-0.1, -0.05) is 43.7 Å². The average Bonchev–Trinajstić information content (AvgIpc) is 2.70. The van der Waals surface area contributed by atoms with Gasteiger partial charge in [0, 0.05) is 18.4 Å². The van der Waals surface area contributed by atoms with Gasteiger partial charge in [0.1, 0.15) is 0 Å². The highest BCUT2D eigenvalue weighted by molar-refractivity contribution is 5.21. The van der Waals surface area contributed by atoms with Crippen molar-refractivity contribution in [3.63, 3.8) is 0 Å². The number of hydrogen-bond acceptors (Lipinski definition) is 0. The topological polar surface area (TPSA) is 4.93 Å². The van der Waals surface area contributed by atoms with Crippen LogP contribution in [-0.4, -0.2) is 4.57 Å². The Balaban J connectivity index is 2.04. The summed E-state index contributed by atoms with van der Waals surface area (Å²) in [5, 5.41) is 0. The highest BCUT2D eigenvalue weighted by atomic mass is 15.0. The Labute approximate surface area is 104 Å². The second-order valence-electron chi connectivity index (χ2n) is 4.62. The fourth-order valence-electron chi connectivity index (χ4n) is 2.30. The molecule has 0 unspecified atom stereocenters. The maximum Gasteiger partial charge on any atom is 0.0262 e. The first-order valence-electron chi connectivity index (χ1n) is 6.49. The Morgan fingerprint density at radius 2 is 1.76 bits per heavy atom. The van der Waals surface area contributed by atoms with Crippen molar-refractivity contribution in [2.45, 2.75) is 39.7 Å². The van der Waals surface area contributed by atoms with Crippen molar-refractivity contribution in [3.05, 3.63) is 59.4 Å². The first-order valence-corrected chi connectivity index (χ1v) is 6.49. The third-order valence-corrected chi connectivity index (χ3v) is 3.28. The van der Waals surface area contributed by atoms with E-state index in [1.165, 1.54) is 29.7 Å². The lowest BCUT2D eigenvalue weighted by atomic mass is 10.1. The van der Waals surface area contributed by atoms with Crippen LogP contribution in [0.15, 0.2) is 42.6 Å². The average molecular weight is 227 g/mol. The largest absolute Gasteiger partial charge is 0.351 e. The lowest BCUT2D eigenvalue weighted by molar-refractivity contribution is 0.653. The summed E-state index contributed by atoms with van der Waals surface area (Å²) in [5.41, 5.74) is 4.35. The molecular weight excluding hydrogens is 206 g/mol. The number of rotatable bonds is 5. The smallest absolute Gasteiger partial charge is 0.0262 e. The zero-order valence-electron chi connectivity index (χ0n) is 10.8. The van der Waals surface area contributed by atoms with Gasteiger partial charge >= 0.3 is 0 Å². The molecule has 90 valence electrons. The fourth-order valence-corrected chi connectivity index (χ4v) is 2.30. The third-order valence-electron chi connectivity index (χ3n) is 3.28. The van der Waals surface area contributed by atoms with Crippen LogP contribution in [0.3, 0.4) is 0 Å². The molecule has 2 aromatic rings. The molecule has 1 heterocycles. The van der Waals surface area contributed by atoms with E-state index < -0.39 is 0 Å². The van der Waals surface area contributed by atoms with E-state index in [1.807, 2.05) is 0 Å². The van der Waals surface area contributed by atoms with Crippen molar-refractivity contribution < 1.29 is 0 Å². The van der Waals surface area contributed by atoms with Crippen molar-refractivity contribution in [2.75, 3.05) is 0 Å². The molecule has 0 amide bonds. The van der Waals surface area contributed by atoms with Crippen LogP contribution < -0.4 is 0 Å². The molecule has 0 fully saturated rings. The van der Waals surface area contributed by atoms with Gasteiger partial charge in [-0.2, -0.15) is 0 Å². The molecular formula is C16H21N. The number of benzene rings is 1. The summed E-state index contributed by atoms with van der Waals surface area (Å²) < 4.78 is 2.41.